The van der Waals surface area contributed by atoms with Crippen LogP contribution in [0.1, 0.15) is 13.3 Å². The largest absolute Gasteiger partial charge is 0.307 e. The Morgan fingerprint density at radius 3 is 3.00 bits per heavy atom. The van der Waals surface area contributed by atoms with Crippen molar-refractivity contribution in [3.05, 3.63) is 33.4 Å². The minimum absolute atomic E-state index is 0.0969. The Balaban J connectivity index is 2.72. The lowest BCUT2D eigenvalue weighted by Gasteiger charge is -2.00. The average Bonchev–Trinajstić information content (AvgIpc) is 2.37. The highest BCUT2D eigenvalue weighted by Gasteiger charge is 1.96. The number of rotatable bonds is 3. The van der Waals surface area contributed by atoms with Crippen LogP contribution in [0.4, 0.5) is 0 Å². The molecular formula is C8H11NOS. The van der Waals surface area contributed by atoms with Crippen molar-refractivity contribution in [1.29, 1.82) is 0 Å². The van der Waals surface area contributed by atoms with Crippen molar-refractivity contribution in [2.24, 2.45) is 0 Å². The van der Waals surface area contributed by atoms with Crippen LogP contribution in [0.25, 0.3) is 0 Å². The molecule has 2 nitrogen and oxygen atoms in total. The standard InChI is InChI=1S/C8H11NOS/c1-3-7(2)6-9-4-5-11-8(9)10/h4-5H,2-3,6H2,1H3. The highest BCUT2D eigenvalue weighted by Crippen LogP contribution is 2.00. The Morgan fingerprint density at radius 1 is 1.82 bits per heavy atom. The summed E-state index contributed by atoms with van der Waals surface area (Å²) in [5.74, 6) is 0. The van der Waals surface area contributed by atoms with E-state index in [1.165, 1.54) is 11.3 Å². The summed E-state index contributed by atoms with van der Waals surface area (Å²) in [6, 6.07) is 0. The third kappa shape index (κ3) is 2.05. The summed E-state index contributed by atoms with van der Waals surface area (Å²) in [5, 5.41) is 1.80. The number of thiazole rings is 1. The lowest BCUT2D eigenvalue weighted by atomic mass is 10.2. The molecule has 11 heavy (non-hydrogen) atoms. The molecule has 0 aromatic carbocycles. The Morgan fingerprint density at radius 2 is 2.55 bits per heavy atom. The van der Waals surface area contributed by atoms with Gasteiger partial charge in [0.25, 0.3) is 0 Å². The van der Waals surface area contributed by atoms with Gasteiger partial charge in [-0.15, -0.1) is 0 Å². The first-order valence-electron chi connectivity index (χ1n) is 3.54. The monoisotopic (exact) mass is 169 g/mol. The lowest BCUT2D eigenvalue weighted by Crippen LogP contribution is -2.12. The lowest BCUT2D eigenvalue weighted by molar-refractivity contribution is 0.748. The van der Waals surface area contributed by atoms with Gasteiger partial charge in [0.1, 0.15) is 0 Å². The number of aromatic nitrogens is 1. The third-order valence-electron chi connectivity index (χ3n) is 1.54. The maximum absolute atomic E-state index is 11.0. The maximum Gasteiger partial charge on any atom is 0.307 e. The van der Waals surface area contributed by atoms with E-state index >= 15 is 0 Å². The fraction of sp³-hybridized carbons (Fsp3) is 0.375. The van der Waals surface area contributed by atoms with Crippen LogP contribution in [0.2, 0.25) is 0 Å². The predicted octanol–water partition coefficient (Wildman–Crippen LogP) is 1.88. The van der Waals surface area contributed by atoms with Gasteiger partial charge in [0, 0.05) is 18.1 Å². The van der Waals surface area contributed by atoms with Gasteiger partial charge in [-0.25, -0.2) is 0 Å². The smallest absolute Gasteiger partial charge is 0.302 e. The quantitative estimate of drug-likeness (QED) is 0.633. The van der Waals surface area contributed by atoms with E-state index in [0.29, 0.717) is 6.54 Å². The molecule has 0 aliphatic heterocycles. The van der Waals surface area contributed by atoms with Crippen LogP contribution < -0.4 is 4.87 Å². The van der Waals surface area contributed by atoms with Gasteiger partial charge in [0.05, 0.1) is 0 Å². The summed E-state index contributed by atoms with van der Waals surface area (Å²) in [7, 11) is 0. The summed E-state index contributed by atoms with van der Waals surface area (Å²) in [5.41, 5.74) is 1.09. The van der Waals surface area contributed by atoms with Crippen LogP contribution in [0.5, 0.6) is 0 Å². The van der Waals surface area contributed by atoms with Crippen molar-refractivity contribution in [3.63, 3.8) is 0 Å². The van der Waals surface area contributed by atoms with Crippen molar-refractivity contribution in [3.8, 4) is 0 Å². The van der Waals surface area contributed by atoms with Crippen LogP contribution in [0.3, 0.4) is 0 Å². The zero-order chi connectivity index (χ0) is 8.27. The predicted molar refractivity (Wildman–Crippen MR) is 48.0 cm³/mol. The molecule has 1 aromatic heterocycles. The molecule has 1 heterocycles. The minimum Gasteiger partial charge on any atom is -0.302 e. The first kappa shape index (κ1) is 8.27. The van der Waals surface area contributed by atoms with Crippen molar-refractivity contribution >= 4 is 11.3 Å². The van der Waals surface area contributed by atoms with Gasteiger partial charge in [-0.3, -0.25) is 4.79 Å². The Labute approximate surface area is 69.8 Å². The zero-order valence-corrected chi connectivity index (χ0v) is 7.36. The Kier molecular flexibility index (Phi) is 2.65. The molecule has 1 aromatic rings. The summed E-state index contributed by atoms with van der Waals surface area (Å²) in [4.78, 5) is 11.1. The second-order valence-corrected chi connectivity index (χ2v) is 3.26. The average molecular weight is 169 g/mol. The van der Waals surface area contributed by atoms with E-state index in [0.717, 1.165) is 12.0 Å². The van der Waals surface area contributed by atoms with Gasteiger partial charge in [-0.1, -0.05) is 30.4 Å². The molecule has 0 fully saturated rings. The summed E-state index contributed by atoms with van der Waals surface area (Å²) >= 11 is 1.22. The van der Waals surface area contributed by atoms with Crippen LogP contribution >= 0.6 is 11.3 Å². The second kappa shape index (κ2) is 3.53. The van der Waals surface area contributed by atoms with E-state index in [-0.39, 0.29) is 4.87 Å². The highest BCUT2D eigenvalue weighted by atomic mass is 32.1. The van der Waals surface area contributed by atoms with Crippen molar-refractivity contribution in [2.45, 2.75) is 19.9 Å². The van der Waals surface area contributed by atoms with E-state index in [4.69, 9.17) is 0 Å². The molecule has 0 saturated heterocycles. The third-order valence-corrected chi connectivity index (χ3v) is 2.23. The molecule has 0 bridgehead atoms. The molecule has 0 aliphatic carbocycles. The molecule has 0 saturated carbocycles. The fourth-order valence-electron chi connectivity index (χ4n) is 0.761. The summed E-state index contributed by atoms with van der Waals surface area (Å²) in [6.07, 6.45) is 2.73. The molecule has 0 aliphatic rings. The van der Waals surface area contributed by atoms with E-state index in [1.807, 2.05) is 6.92 Å². The van der Waals surface area contributed by atoms with E-state index in [9.17, 15) is 4.79 Å². The first-order valence-corrected chi connectivity index (χ1v) is 4.42. The second-order valence-electron chi connectivity index (χ2n) is 2.40. The first-order chi connectivity index (χ1) is 5.24. The van der Waals surface area contributed by atoms with E-state index in [1.54, 1.807) is 16.1 Å². The molecule has 0 radical (unpaired) electrons. The van der Waals surface area contributed by atoms with Crippen LogP contribution in [-0.4, -0.2) is 4.57 Å². The summed E-state index contributed by atoms with van der Waals surface area (Å²) in [6.45, 7) is 6.54. The van der Waals surface area contributed by atoms with Crippen molar-refractivity contribution in [1.82, 2.24) is 4.57 Å². The molecule has 1 rings (SSSR count). The fourth-order valence-corrected chi connectivity index (χ4v) is 1.35. The number of allylic oxidation sites excluding steroid dienone is 1. The molecule has 3 heteroatoms. The highest BCUT2D eigenvalue weighted by molar-refractivity contribution is 7.07. The van der Waals surface area contributed by atoms with Gasteiger partial charge in [0.2, 0.25) is 0 Å². The van der Waals surface area contributed by atoms with Gasteiger partial charge >= 0.3 is 4.87 Å². The maximum atomic E-state index is 11.0. The summed E-state index contributed by atoms with van der Waals surface area (Å²) < 4.78 is 1.68. The molecule has 0 atom stereocenters. The Hall–Kier alpha value is -0.830. The Bertz CT molecular complexity index is 297. The molecule has 0 amide bonds. The molecule has 0 N–H and O–H groups in total. The molecule has 0 spiro atoms. The number of hydrogen-bond acceptors (Lipinski definition) is 2. The SMILES string of the molecule is C=C(CC)Cn1ccsc1=O. The van der Waals surface area contributed by atoms with Crippen LogP contribution in [-0.2, 0) is 6.54 Å². The van der Waals surface area contributed by atoms with Gasteiger partial charge in [0.15, 0.2) is 0 Å². The normalized spacial score (nSPS) is 9.91. The van der Waals surface area contributed by atoms with Crippen LogP contribution in [0, 0.1) is 0 Å². The molecular weight excluding hydrogens is 158 g/mol. The van der Waals surface area contributed by atoms with Crippen LogP contribution in [0.15, 0.2) is 28.5 Å². The topological polar surface area (TPSA) is 22.0 Å². The molecule has 60 valence electrons. The van der Waals surface area contributed by atoms with E-state index < -0.39 is 0 Å². The van der Waals surface area contributed by atoms with Gasteiger partial charge in [-0.2, -0.15) is 0 Å². The van der Waals surface area contributed by atoms with Gasteiger partial charge < -0.3 is 4.57 Å². The van der Waals surface area contributed by atoms with Crippen molar-refractivity contribution in [2.75, 3.05) is 0 Å². The molecule has 0 unspecified atom stereocenters. The number of hydrogen-bond donors (Lipinski definition) is 0. The minimum atomic E-state index is 0.0969. The van der Waals surface area contributed by atoms with Crippen molar-refractivity contribution < 1.29 is 0 Å². The zero-order valence-electron chi connectivity index (χ0n) is 6.54. The van der Waals surface area contributed by atoms with Gasteiger partial charge in [-0.05, 0) is 6.42 Å². The van der Waals surface area contributed by atoms with E-state index in [2.05, 4.69) is 6.58 Å². The number of nitrogens with zero attached hydrogens (tertiary/aromatic N) is 1.